The number of aromatic nitrogens is 2. The van der Waals surface area contributed by atoms with Gasteiger partial charge in [0.25, 0.3) is 0 Å². The van der Waals surface area contributed by atoms with E-state index in [0.717, 1.165) is 29.9 Å². The lowest BCUT2D eigenvalue weighted by molar-refractivity contribution is 0.0898. The van der Waals surface area contributed by atoms with E-state index in [1.807, 2.05) is 0 Å². The third kappa shape index (κ3) is 2.45. The second kappa shape index (κ2) is 4.53. The van der Waals surface area contributed by atoms with Crippen molar-refractivity contribution in [2.75, 3.05) is 11.9 Å². The van der Waals surface area contributed by atoms with Crippen LogP contribution < -0.4 is 5.32 Å². The molecule has 0 spiro atoms. The first-order valence-electron chi connectivity index (χ1n) is 6.46. The van der Waals surface area contributed by atoms with E-state index in [-0.39, 0.29) is 0 Å². The summed E-state index contributed by atoms with van der Waals surface area (Å²) in [7, 11) is 0. The van der Waals surface area contributed by atoms with Crippen molar-refractivity contribution < 1.29 is 4.74 Å². The Balaban J connectivity index is 1.64. The van der Waals surface area contributed by atoms with E-state index in [9.17, 15) is 0 Å². The van der Waals surface area contributed by atoms with E-state index in [2.05, 4.69) is 28.5 Å². The highest BCUT2D eigenvalue weighted by atomic mass is 32.1. The van der Waals surface area contributed by atoms with Crippen molar-refractivity contribution in [3.05, 3.63) is 5.82 Å². The van der Waals surface area contributed by atoms with Crippen molar-refractivity contribution in [2.45, 2.75) is 51.2 Å². The van der Waals surface area contributed by atoms with Crippen molar-refractivity contribution in [2.24, 2.45) is 5.92 Å². The van der Waals surface area contributed by atoms with Crippen LogP contribution in [0.5, 0.6) is 0 Å². The maximum atomic E-state index is 5.81. The van der Waals surface area contributed by atoms with Gasteiger partial charge in [0.05, 0.1) is 12.1 Å². The van der Waals surface area contributed by atoms with Gasteiger partial charge >= 0.3 is 0 Å². The summed E-state index contributed by atoms with van der Waals surface area (Å²) in [6.45, 7) is 5.13. The fraction of sp³-hybridized carbons (Fsp3) is 0.833. The third-order valence-electron chi connectivity index (χ3n) is 3.49. The number of nitrogens with zero attached hydrogens (tertiary/aromatic N) is 2. The van der Waals surface area contributed by atoms with Gasteiger partial charge in [0.2, 0.25) is 5.13 Å². The average Bonchev–Trinajstić information content (AvgIpc) is 2.86. The van der Waals surface area contributed by atoms with Gasteiger partial charge in [-0.05, 0) is 25.2 Å². The van der Waals surface area contributed by atoms with Crippen LogP contribution in [0.1, 0.15) is 44.9 Å². The Morgan fingerprint density at radius 1 is 1.35 bits per heavy atom. The largest absolute Gasteiger partial charge is 0.376 e. The number of hydrogen-bond acceptors (Lipinski definition) is 5. The first kappa shape index (κ1) is 11.4. The summed E-state index contributed by atoms with van der Waals surface area (Å²) in [4.78, 5) is 4.53. The van der Waals surface area contributed by atoms with Gasteiger partial charge in [0.1, 0.15) is 5.82 Å². The Kier molecular flexibility index (Phi) is 3.04. The van der Waals surface area contributed by atoms with Crippen molar-refractivity contribution in [1.29, 1.82) is 0 Å². The van der Waals surface area contributed by atoms with Gasteiger partial charge in [-0.2, -0.15) is 4.37 Å². The zero-order chi connectivity index (χ0) is 11.8. The second-order valence-corrected chi connectivity index (χ2v) is 6.08. The van der Waals surface area contributed by atoms with Gasteiger partial charge in [-0.25, -0.2) is 4.98 Å². The molecule has 1 aliphatic carbocycles. The molecule has 1 aromatic rings. The summed E-state index contributed by atoms with van der Waals surface area (Å²) < 4.78 is 10.2. The van der Waals surface area contributed by atoms with Crippen LogP contribution in [0.3, 0.4) is 0 Å². The maximum Gasteiger partial charge on any atom is 0.202 e. The second-order valence-electron chi connectivity index (χ2n) is 5.32. The van der Waals surface area contributed by atoms with E-state index in [1.54, 1.807) is 0 Å². The molecule has 1 N–H and O–H groups in total. The van der Waals surface area contributed by atoms with Crippen LogP contribution in [0.4, 0.5) is 5.13 Å². The molecule has 17 heavy (non-hydrogen) atoms. The Labute approximate surface area is 106 Å². The molecule has 1 saturated heterocycles. The number of anilines is 1. The summed E-state index contributed by atoms with van der Waals surface area (Å²) in [5.41, 5.74) is 0. The molecule has 0 amide bonds. The van der Waals surface area contributed by atoms with Crippen molar-refractivity contribution in [3.63, 3.8) is 0 Å². The zero-order valence-electron chi connectivity index (χ0n) is 10.3. The lowest BCUT2D eigenvalue weighted by atomic mass is 10.1. The molecule has 94 valence electrons. The Morgan fingerprint density at radius 3 is 2.82 bits per heavy atom. The topological polar surface area (TPSA) is 47.0 Å². The molecule has 4 nitrogen and oxygen atoms in total. The van der Waals surface area contributed by atoms with Crippen molar-refractivity contribution in [1.82, 2.24) is 9.36 Å². The molecule has 2 fully saturated rings. The van der Waals surface area contributed by atoms with E-state index in [4.69, 9.17) is 4.74 Å². The van der Waals surface area contributed by atoms with Crippen LogP contribution in [0.2, 0.25) is 0 Å². The van der Waals surface area contributed by atoms with Crippen LogP contribution in [0.25, 0.3) is 0 Å². The Bertz CT molecular complexity index is 389. The van der Waals surface area contributed by atoms with Gasteiger partial charge in [0.15, 0.2) is 0 Å². The highest BCUT2D eigenvalue weighted by Crippen LogP contribution is 2.39. The lowest BCUT2D eigenvalue weighted by Crippen LogP contribution is -2.30. The van der Waals surface area contributed by atoms with E-state index >= 15 is 0 Å². The minimum atomic E-state index is 0.404. The fourth-order valence-electron chi connectivity index (χ4n) is 2.34. The van der Waals surface area contributed by atoms with Gasteiger partial charge in [-0.1, -0.05) is 13.8 Å². The zero-order valence-corrected chi connectivity index (χ0v) is 11.2. The molecule has 0 bridgehead atoms. The smallest absolute Gasteiger partial charge is 0.202 e. The molecule has 2 heterocycles. The van der Waals surface area contributed by atoms with Crippen LogP contribution >= 0.6 is 11.5 Å². The predicted octanol–water partition coefficient (Wildman–Crippen LogP) is 2.64. The van der Waals surface area contributed by atoms with Crippen LogP contribution in [0, 0.1) is 5.92 Å². The number of ether oxygens (including phenoxy) is 1. The van der Waals surface area contributed by atoms with Crippen LogP contribution in [0.15, 0.2) is 0 Å². The minimum Gasteiger partial charge on any atom is -0.376 e. The molecule has 2 unspecified atom stereocenters. The molecular formula is C12H19N3OS. The molecule has 1 saturated carbocycles. The first-order chi connectivity index (χ1) is 8.24. The van der Waals surface area contributed by atoms with Crippen LogP contribution in [-0.4, -0.2) is 28.1 Å². The molecular weight excluding hydrogens is 234 g/mol. The normalized spacial score (nSPS) is 28.9. The Morgan fingerprint density at radius 2 is 2.18 bits per heavy atom. The SMILES string of the molecule is CC(C)c1nsc(NC2CCOC2C2CC2)n1. The Hall–Kier alpha value is -0.680. The number of nitrogens with one attached hydrogen (secondary N) is 1. The highest BCUT2D eigenvalue weighted by molar-refractivity contribution is 7.09. The molecule has 0 radical (unpaired) electrons. The minimum absolute atomic E-state index is 0.404. The van der Waals surface area contributed by atoms with E-state index < -0.39 is 0 Å². The fourth-order valence-corrected chi connectivity index (χ4v) is 3.11. The average molecular weight is 253 g/mol. The van der Waals surface area contributed by atoms with E-state index in [0.29, 0.717) is 18.1 Å². The number of rotatable bonds is 4. The molecule has 1 aromatic heterocycles. The van der Waals surface area contributed by atoms with Crippen molar-refractivity contribution in [3.8, 4) is 0 Å². The molecule has 2 atom stereocenters. The highest BCUT2D eigenvalue weighted by Gasteiger charge is 2.40. The molecule has 1 aliphatic heterocycles. The quantitative estimate of drug-likeness (QED) is 0.896. The third-order valence-corrected chi connectivity index (χ3v) is 4.15. The number of hydrogen-bond donors (Lipinski definition) is 1. The molecule has 0 aromatic carbocycles. The van der Waals surface area contributed by atoms with Crippen LogP contribution in [-0.2, 0) is 4.74 Å². The van der Waals surface area contributed by atoms with E-state index in [1.165, 1.54) is 24.4 Å². The predicted molar refractivity (Wildman–Crippen MR) is 68.5 cm³/mol. The lowest BCUT2D eigenvalue weighted by Gasteiger charge is -2.18. The molecule has 3 rings (SSSR count). The van der Waals surface area contributed by atoms with Gasteiger partial charge in [-0.3, -0.25) is 0 Å². The summed E-state index contributed by atoms with van der Waals surface area (Å²) >= 11 is 1.47. The summed E-state index contributed by atoms with van der Waals surface area (Å²) in [6, 6.07) is 0.440. The summed E-state index contributed by atoms with van der Waals surface area (Å²) in [5.74, 6) is 2.13. The summed E-state index contributed by atoms with van der Waals surface area (Å²) in [6.07, 6.45) is 4.16. The summed E-state index contributed by atoms with van der Waals surface area (Å²) in [5, 5.41) is 4.46. The van der Waals surface area contributed by atoms with Gasteiger partial charge in [0, 0.05) is 24.1 Å². The molecule has 5 heteroatoms. The molecule has 2 aliphatic rings. The van der Waals surface area contributed by atoms with Crippen molar-refractivity contribution >= 4 is 16.7 Å². The monoisotopic (exact) mass is 253 g/mol. The van der Waals surface area contributed by atoms with Gasteiger partial charge < -0.3 is 10.1 Å². The standard InChI is InChI=1S/C12H19N3OS/c1-7(2)11-14-12(17-15-11)13-9-5-6-16-10(9)8-3-4-8/h7-10H,3-6H2,1-2H3,(H,13,14,15). The van der Waals surface area contributed by atoms with Gasteiger partial charge in [-0.15, -0.1) is 0 Å². The first-order valence-corrected chi connectivity index (χ1v) is 7.23. The maximum absolute atomic E-state index is 5.81.